The van der Waals surface area contributed by atoms with Crippen LogP contribution in [0.5, 0.6) is 11.5 Å². The molecule has 1 aliphatic rings. The Labute approximate surface area is 144 Å². The van der Waals surface area contributed by atoms with Crippen molar-refractivity contribution in [2.75, 3.05) is 6.61 Å². The van der Waals surface area contributed by atoms with Gasteiger partial charge >= 0.3 is 0 Å². The lowest BCUT2D eigenvalue weighted by atomic mass is 9.78. The van der Waals surface area contributed by atoms with Crippen LogP contribution in [0.4, 0.5) is 8.78 Å². The first-order valence-electron chi connectivity index (χ1n) is 9.41. The van der Waals surface area contributed by atoms with Crippen molar-refractivity contribution in [3.63, 3.8) is 0 Å². The SMILES string of the molecule is CCCCC[C@H]1CC[C@H](CCCOc2ccc(O)c(F)c2F)CC1. The topological polar surface area (TPSA) is 29.5 Å². The minimum atomic E-state index is -1.24. The number of rotatable bonds is 9. The third-order valence-electron chi connectivity index (χ3n) is 5.22. The summed E-state index contributed by atoms with van der Waals surface area (Å²) < 4.78 is 32.1. The summed E-state index contributed by atoms with van der Waals surface area (Å²) in [5.41, 5.74) is 0. The predicted molar refractivity (Wildman–Crippen MR) is 92.3 cm³/mol. The third-order valence-corrected chi connectivity index (χ3v) is 5.22. The van der Waals surface area contributed by atoms with Crippen LogP contribution in [0, 0.1) is 23.5 Å². The summed E-state index contributed by atoms with van der Waals surface area (Å²) in [6.45, 7) is 2.63. The largest absolute Gasteiger partial charge is 0.505 e. The van der Waals surface area contributed by atoms with Crippen LogP contribution in [0.2, 0.25) is 0 Å². The summed E-state index contributed by atoms with van der Waals surface area (Å²) in [4.78, 5) is 0. The van der Waals surface area contributed by atoms with E-state index < -0.39 is 17.4 Å². The zero-order chi connectivity index (χ0) is 17.4. The molecule has 0 aromatic heterocycles. The highest BCUT2D eigenvalue weighted by Crippen LogP contribution is 2.34. The lowest BCUT2D eigenvalue weighted by Crippen LogP contribution is -2.15. The van der Waals surface area contributed by atoms with E-state index in [9.17, 15) is 8.78 Å². The highest BCUT2D eigenvalue weighted by molar-refractivity contribution is 5.33. The van der Waals surface area contributed by atoms with Crippen LogP contribution < -0.4 is 4.74 Å². The summed E-state index contributed by atoms with van der Waals surface area (Å²) in [5, 5.41) is 9.09. The molecule has 1 fully saturated rings. The number of hydrogen-bond donors (Lipinski definition) is 1. The van der Waals surface area contributed by atoms with Crippen molar-refractivity contribution >= 4 is 0 Å². The van der Waals surface area contributed by atoms with E-state index in [-0.39, 0.29) is 5.75 Å². The van der Waals surface area contributed by atoms with Gasteiger partial charge in [-0.1, -0.05) is 58.3 Å². The Hall–Kier alpha value is -1.32. The second-order valence-electron chi connectivity index (χ2n) is 7.08. The molecule has 0 atom stereocenters. The summed E-state index contributed by atoms with van der Waals surface area (Å²) in [5.74, 6) is -1.49. The van der Waals surface area contributed by atoms with Gasteiger partial charge in [0.2, 0.25) is 11.6 Å². The maximum Gasteiger partial charge on any atom is 0.204 e. The van der Waals surface area contributed by atoms with Gasteiger partial charge in [0.25, 0.3) is 0 Å². The molecule has 1 N–H and O–H groups in total. The number of unbranched alkanes of at least 4 members (excludes halogenated alkanes) is 2. The number of hydrogen-bond acceptors (Lipinski definition) is 2. The van der Waals surface area contributed by atoms with Crippen LogP contribution in [0.3, 0.4) is 0 Å². The number of benzene rings is 1. The van der Waals surface area contributed by atoms with Gasteiger partial charge in [-0.05, 0) is 36.8 Å². The van der Waals surface area contributed by atoms with Crippen LogP contribution in [-0.2, 0) is 0 Å². The molecule has 136 valence electrons. The Kier molecular flexibility index (Phi) is 7.80. The van der Waals surface area contributed by atoms with E-state index >= 15 is 0 Å². The maximum absolute atomic E-state index is 13.6. The average molecular weight is 340 g/mol. The first-order chi connectivity index (χ1) is 11.6. The van der Waals surface area contributed by atoms with Gasteiger partial charge in [-0.15, -0.1) is 0 Å². The lowest BCUT2D eigenvalue weighted by Gasteiger charge is -2.28. The standard InChI is InChI=1S/C20H30F2O2/c1-2-3-4-6-15-8-10-16(11-9-15)7-5-14-24-18-13-12-17(23)19(21)20(18)22/h12-13,15-16,23H,2-11,14H2,1H3/t15-,16-. The lowest BCUT2D eigenvalue weighted by molar-refractivity contribution is 0.224. The van der Waals surface area contributed by atoms with Gasteiger partial charge in [0.1, 0.15) is 0 Å². The molecule has 0 aliphatic heterocycles. The second kappa shape index (κ2) is 9.85. The van der Waals surface area contributed by atoms with E-state index in [2.05, 4.69) is 6.92 Å². The molecular weight excluding hydrogens is 310 g/mol. The van der Waals surface area contributed by atoms with Gasteiger partial charge in [-0.2, -0.15) is 8.78 Å². The number of halogens is 2. The van der Waals surface area contributed by atoms with Crippen molar-refractivity contribution in [3.8, 4) is 11.5 Å². The minimum absolute atomic E-state index is 0.120. The summed E-state index contributed by atoms with van der Waals surface area (Å²) >= 11 is 0. The highest BCUT2D eigenvalue weighted by atomic mass is 19.2. The van der Waals surface area contributed by atoms with Crippen molar-refractivity contribution in [1.29, 1.82) is 0 Å². The van der Waals surface area contributed by atoms with E-state index in [4.69, 9.17) is 9.84 Å². The fraction of sp³-hybridized carbons (Fsp3) is 0.700. The van der Waals surface area contributed by atoms with E-state index in [0.717, 1.165) is 30.7 Å². The zero-order valence-corrected chi connectivity index (χ0v) is 14.7. The van der Waals surface area contributed by atoms with Crippen molar-refractivity contribution in [3.05, 3.63) is 23.8 Å². The van der Waals surface area contributed by atoms with E-state index in [1.165, 1.54) is 57.4 Å². The predicted octanol–water partition coefficient (Wildman–Crippen LogP) is 6.22. The van der Waals surface area contributed by atoms with Crippen LogP contribution in [0.25, 0.3) is 0 Å². The Bertz CT molecular complexity index is 497. The molecule has 0 amide bonds. The molecule has 1 saturated carbocycles. The molecule has 0 unspecified atom stereocenters. The Morgan fingerprint density at radius 2 is 1.58 bits per heavy atom. The number of phenolic OH excluding ortho intramolecular Hbond substituents is 1. The fourth-order valence-electron chi connectivity index (χ4n) is 3.68. The van der Waals surface area contributed by atoms with Gasteiger partial charge < -0.3 is 9.84 Å². The van der Waals surface area contributed by atoms with Crippen LogP contribution in [-0.4, -0.2) is 11.7 Å². The van der Waals surface area contributed by atoms with E-state index in [1.807, 2.05) is 0 Å². The first-order valence-corrected chi connectivity index (χ1v) is 9.41. The molecule has 24 heavy (non-hydrogen) atoms. The smallest absolute Gasteiger partial charge is 0.204 e. The van der Waals surface area contributed by atoms with Gasteiger partial charge in [0.05, 0.1) is 6.61 Å². The van der Waals surface area contributed by atoms with Crippen molar-refractivity contribution in [2.24, 2.45) is 11.8 Å². The van der Waals surface area contributed by atoms with Crippen LogP contribution in [0.15, 0.2) is 12.1 Å². The molecule has 0 heterocycles. The normalized spacial score (nSPS) is 21.0. The molecule has 1 aliphatic carbocycles. The number of phenols is 1. The average Bonchev–Trinajstić information content (AvgIpc) is 2.60. The van der Waals surface area contributed by atoms with E-state index in [1.54, 1.807) is 0 Å². The second-order valence-corrected chi connectivity index (χ2v) is 7.08. The molecule has 4 heteroatoms. The third kappa shape index (κ3) is 5.64. The van der Waals surface area contributed by atoms with Crippen molar-refractivity contribution in [2.45, 2.75) is 71.1 Å². The molecule has 0 bridgehead atoms. The van der Waals surface area contributed by atoms with Gasteiger partial charge in [-0.3, -0.25) is 0 Å². The van der Waals surface area contributed by atoms with Gasteiger partial charge in [0, 0.05) is 0 Å². The van der Waals surface area contributed by atoms with Crippen molar-refractivity contribution in [1.82, 2.24) is 0 Å². The maximum atomic E-state index is 13.6. The Balaban J connectivity index is 1.61. The highest BCUT2D eigenvalue weighted by Gasteiger charge is 2.20. The van der Waals surface area contributed by atoms with E-state index in [0.29, 0.717) is 6.61 Å². The Morgan fingerprint density at radius 1 is 0.958 bits per heavy atom. The molecular formula is C20H30F2O2. The van der Waals surface area contributed by atoms with Crippen LogP contribution >= 0.6 is 0 Å². The molecule has 0 radical (unpaired) electrons. The van der Waals surface area contributed by atoms with Crippen molar-refractivity contribution < 1.29 is 18.6 Å². The summed E-state index contributed by atoms with van der Waals surface area (Å²) in [6.07, 6.45) is 12.6. The first kappa shape index (κ1) is 19.0. The molecule has 2 rings (SSSR count). The fourth-order valence-corrected chi connectivity index (χ4v) is 3.68. The van der Waals surface area contributed by atoms with Gasteiger partial charge in [-0.25, -0.2) is 0 Å². The Morgan fingerprint density at radius 3 is 2.21 bits per heavy atom. The zero-order valence-electron chi connectivity index (χ0n) is 14.7. The summed E-state index contributed by atoms with van der Waals surface area (Å²) in [7, 11) is 0. The monoisotopic (exact) mass is 340 g/mol. The molecule has 2 nitrogen and oxygen atoms in total. The molecule has 1 aromatic carbocycles. The van der Waals surface area contributed by atoms with Crippen LogP contribution in [0.1, 0.15) is 71.1 Å². The molecule has 1 aromatic rings. The summed E-state index contributed by atoms with van der Waals surface area (Å²) in [6, 6.07) is 2.39. The van der Waals surface area contributed by atoms with Gasteiger partial charge in [0.15, 0.2) is 11.5 Å². The molecule has 0 spiro atoms. The number of aromatic hydroxyl groups is 1. The minimum Gasteiger partial charge on any atom is -0.505 e. The molecule has 0 saturated heterocycles. The number of ether oxygens (including phenoxy) is 1. The quantitative estimate of drug-likeness (QED) is 0.541.